The molecule has 1 fully saturated rings. The summed E-state index contributed by atoms with van der Waals surface area (Å²) < 4.78 is 0. The predicted molar refractivity (Wildman–Crippen MR) is 83.2 cm³/mol. The number of carbonyl (C=O) groups is 1. The molecule has 0 atom stereocenters. The lowest BCUT2D eigenvalue weighted by Gasteiger charge is -2.23. The van der Waals surface area contributed by atoms with Crippen LogP contribution in [0.5, 0.6) is 0 Å². The number of thiocarbonyl (C=S) groups is 1. The summed E-state index contributed by atoms with van der Waals surface area (Å²) in [5.41, 5.74) is 0. The number of nitrogens with zero attached hydrogens (tertiary/aromatic N) is 2. The maximum Gasteiger partial charge on any atom is 0.245 e. The van der Waals surface area contributed by atoms with Crippen molar-refractivity contribution in [2.75, 3.05) is 32.7 Å². The van der Waals surface area contributed by atoms with Crippen molar-refractivity contribution in [3.63, 3.8) is 0 Å². The van der Waals surface area contributed by atoms with Gasteiger partial charge < -0.3 is 15.1 Å². The molecule has 1 amide bonds. The number of hydrogen-bond donors (Lipinski definition) is 1. The maximum absolute atomic E-state index is 11.2. The van der Waals surface area contributed by atoms with Gasteiger partial charge in [-0.3, -0.25) is 4.79 Å². The lowest BCUT2D eigenvalue weighted by Crippen LogP contribution is -2.33. The van der Waals surface area contributed by atoms with Crippen LogP contribution in [0.3, 0.4) is 0 Å². The number of unbranched alkanes of at least 4 members (excludes halogenated alkanes) is 2. The first-order valence-corrected chi connectivity index (χ1v) is 7.89. The van der Waals surface area contributed by atoms with Gasteiger partial charge in [0.05, 0.1) is 6.54 Å². The van der Waals surface area contributed by atoms with E-state index in [0.29, 0.717) is 11.7 Å². The Morgan fingerprint density at radius 2 is 1.74 bits per heavy atom. The van der Waals surface area contributed by atoms with E-state index in [1.165, 1.54) is 38.8 Å². The molecule has 5 heteroatoms. The average Bonchev–Trinajstić information content (AvgIpc) is 2.70. The topological polar surface area (TPSA) is 35.6 Å². The minimum absolute atomic E-state index is 0.0267. The quantitative estimate of drug-likeness (QED) is 0.623. The Morgan fingerprint density at radius 3 is 2.21 bits per heavy atom. The highest BCUT2D eigenvalue weighted by molar-refractivity contribution is 7.80. The van der Waals surface area contributed by atoms with Crippen molar-refractivity contribution >= 4 is 23.2 Å². The van der Waals surface area contributed by atoms with E-state index in [-0.39, 0.29) is 5.91 Å². The van der Waals surface area contributed by atoms with Gasteiger partial charge in [0, 0.05) is 6.54 Å². The Labute approximate surface area is 122 Å². The van der Waals surface area contributed by atoms with Crippen LogP contribution in [0.4, 0.5) is 0 Å². The third-order valence-electron chi connectivity index (χ3n) is 3.43. The first kappa shape index (κ1) is 16.4. The third kappa shape index (κ3) is 6.34. The van der Waals surface area contributed by atoms with Crippen LogP contribution in [0.25, 0.3) is 0 Å². The Hall–Kier alpha value is -0.680. The second-order valence-electron chi connectivity index (χ2n) is 5.18. The number of hydrogen-bond acceptors (Lipinski definition) is 3. The Balaban J connectivity index is 2.22. The number of carbonyl (C=O) groups excluding carboxylic acids is 1. The van der Waals surface area contributed by atoms with Gasteiger partial charge >= 0.3 is 0 Å². The van der Waals surface area contributed by atoms with E-state index in [9.17, 15) is 4.79 Å². The first-order chi connectivity index (χ1) is 9.17. The minimum Gasteiger partial charge on any atom is -0.340 e. The first-order valence-electron chi connectivity index (χ1n) is 7.48. The maximum atomic E-state index is 11.2. The van der Waals surface area contributed by atoms with Crippen LogP contribution in [-0.2, 0) is 4.79 Å². The molecule has 110 valence electrons. The molecule has 0 aromatic rings. The molecule has 0 radical (unpaired) electrons. The third-order valence-corrected chi connectivity index (χ3v) is 3.79. The van der Waals surface area contributed by atoms with Crippen molar-refractivity contribution in [3.8, 4) is 0 Å². The molecule has 0 spiro atoms. The molecule has 0 bridgehead atoms. The van der Waals surface area contributed by atoms with Crippen LogP contribution in [0.15, 0.2) is 0 Å². The van der Waals surface area contributed by atoms with Crippen molar-refractivity contribution in [1.82, 2.24) is 15.1 Å². The highest BCUT2D eigenvalue weighted by Gasteiger charge is 2.22. The Kier molecular flexibility index (Phi) is 7.98. The van der Waals surface area contributed by atoms with E-state index in [1.54, 1.807) is 0 Å². The monoisotopic (exact) mass is 285 g/mol. The zero-order chi connectivity index (χ0) is 14.1. The molecule has 0 aromatic heterocycles. The lowest BCUT2D eigenvalue weighted by atomic mass is 10.2. The number of rotatable bonds is 10. The van der Waals surface area contributed by atoms with E-state index in [0.717, 1.165) is 19.5 Å². The largest absolute Gasteiger partial charge is 0.340 e. The molecule has 1 saturated heterocycles. The summed E-state index contributed by atoms with van der Waals surface area (Å²) in [5.74, 6) is 0.0267. The summed E-state index contributed by atoms with van der Waals surface area (Å²) in [6.45, 7) is 9.27. The minimum atomic E-state index is 0.0267. The summed E-state index contributed by atoms with van der Waals surface area (Å²) in [6, 6.07) is 0. The summed E-state index contributed by atoms with van der Waals surface area (Å²) in [4.78, 5) is 15.7. The predicted octanol–water partition coefficient (Wildman–Crippen LogP) is 2.00. The SMILES string of the molecule is CCCCN(CCCC)CCCN1CC(=O)NC1=S. The molecule has 0 aliphatic carbocycles. The van der Waals surface area contributed by atoms with Crippen LogP contribution < -0.4 is 5.32 Å². The van der Waals surface area contributed by atoms with Gasteiger partial charge in [-0.2, -0.15) is 0 Å². The number of amides is 1. The van der Waals surface area contributed by atoms with Crippen molar-refractivity contribution in [1.29, 1.82) is 0 Å². The van der Waals surface area contributed by atoms with Gasteiger partial charge in [-0.15, -0.1) is 0 Å². The zero-order valence-corrected chi connectivity index (χ0v) is 13.1. The summed E-state index contributed by atoms with van der Waals surface area (Å²) in [6.07, 6.45) is 6.11. The van der Waals surface area contributed by atoms with Gasteiger partial charge in [0.25, 0.3) is 0 Å². The standard InChI is InChI=1S/C14H27N3OS/c1-3-5-8-16(9-6-4-2)10-7-11-17-12-13(18)15-14(17)19/h3-12H2,1-2H3,(H,15,18,19). The highest BCUT2D eigenvalue weighted by Crippen LogP contribution is 2.04. The molecule has 19 heavy (non-hydrogen) atoms. The highest BCUT2D eigenvalue weighted by atomic mass is 32.1. The van der Waals surface area contributed by atoms with Gasteiger partial charge in [-0.1, -0.05) is 26.7 Å². The fraction of sp³-hybridized carbons (Fsp3) is 0.857. The molecular formula is C14H27N3OS. The van der Waals surface area contributed by atoms with Gasteiger partial charge in [-0.25, -0.2) is 0 Å². The van der Waals surface area contributed by atoms with E-state index in [2.05, 4.69) is 24.1 Å². The second-order valence-corrected chi connectivity index (χ2v) is 5.56. The molecule has 1 aliphatic heterocycles. The lowest BCUT2D eigenvalue weighted by molar-refractivity contribution is -0.118. The Bertz CT molecular complexity index is 288. The zero-order valence-electron chi connectivity index (χ0n) is 12.3. The molecule has 0 unspecified atom stereocenters. The van der Waals surface area contributed by atoms with E-state index in [4.69, 9.17) is 12.2 Å². The summed E-state index contributed by atoms with van der Waals surface area (Å²) in [5, 5.41) is 3.27. The Morgan fingerprint density at radius 1 is 1.16 bits per heavy atom. The van der Waals surface area contributed by atoms with Crippen LogP contribution in [-0.4, -0.2) is 53.5 Å². The van der Waals surface area contributed by atoms with Crippen molar-refractivity contribution in [3.05, 3.63) is 0 Å². The average molecular weight is 285 g/mol. The molecule has 1 aliphatic rings. The summed E-state index contributed by atoms with van der Waals surface area (Å²) in [7, 11) is 0. The smallest absolute Gasteiger partial charge is 0.245 e. The van der Waals surface area contributed by atoms with Crippen molar-refractivity contribution < 1.29 is 4.79 Å². The van der Waals surface area contributed by atoms with Crippen LogP contribution in [0.1, 0.15) is 46.0 Å². The fourth-order valence-corrected chi connectivity index (χ4v) is 2.52. The van der Waals surface area contributed by atoms with E-state index >= 15 is 0 Å². The molecule has 1 rings (SSSR count). The number of nitrogens with one attached hydrogen (secondary N) is 1. The molecule has 0 saturated carbocycles. The van der Waals surface area contributed by atoms with Gasteiger partial charge in [0.1, 0.15) is 0 Å². The molecule has 1 heterocycles. The molecule has 1 N–H and O–H groups in total. The molecule has 4 nitrogen and oxygen atoms in total. The van der Waals surface area contributed by atoms with Gasteiger partial charge in [0.2, 0.25) is 5.91 Å². The van der Waals surface area contributed by atoms with Crippen LogP contribution in [0.2, 0.25) is 0 Å². The molecular weight excluding hydrogens is 258 g/mol. The van der Waals surface area contributed by atoms with Gasteiger partial charge in [0.15, 0.2) is 5.11 Å². The normalized spacial score (nSPS) is 15.4. The van der Waals surface area contributed by atoms with Gasteiger partial charge in [-0.05, 0) is 51.1 Å². The fourth-order valence-electron chi connectivity index (χ4n) is 2.25. The van der Waals surface area contributed by atoms with Crippen LogP contribution >= 0.6 is 12.2 Å². The van der Waals surface area contributed by atoms with E-state index in [1.807, 2.05) is 4.90 Å². The summed E-state index contributed by atoms with van der Waals surface area (Å²) >= 11 is 5.12. The van der Waals surface area contributed by atoms with Crippen molar-refractivity contribution in [2.45, 2.75) is 46.0 Å². The van der Waals surface area contributed by atoms with Crippen molar-refractivity contribution in [2.24, 2.45) is 0 Å². The molecule has 0 aromatic carbocycles. The van der Waals surface area contributed by atoms with Crippen LogP contribution in [0, 0.1) is 0 Å². The second kappa shape index (κ2) is 9.26. The van der Waals surface area contributed by atoms with E-state index < -0.39 is 0 Å².